The summed E-state index contributed by atoms with van der Waals surface area (Å²) in [5.74, 6) is -0.763. The van der Waals surface area contributed by atoms with Crippen LogP contribution in [-0.4, -0.2) is 37.1 Å². The Hall–Kier alpha value is -1.85. The maximum atomic E-state index is 11.6. The summed E-state index contributed by atoms with van der Waals surface area (Å²) in [6, 6.07) is 4.20. The first kappa shape index (κ1) is 12.6. The summed E-state index contributed by atoms with van der Waals surface area (Å²) in [5, 5.41) is 20.9. The van der Waals surface area contributed by atoms with Crippen LogP contribution in [0.2, 0.25) is 0 Å². The Morgan fingerprint density at radius 1 is 1.56 bits per heavy atom. The third-order valence-corrected chi connectivity index (χ3v) is 4.71. The average Bonchev–Trinajstić information content (AvgIpc) is 2.67. The van der Waals surface area contributed by atoms with Gasteiger partial charge in [0.1, 0.15) is 0 Å². The predicted molar refractivity (Wildman–Crippen MR) is 65.2 cm³/mol. The molecular weight excluding hydrogens is 305 g/mol. The van der Waals surface area contributed by atoms with E-state index in [1.165, 1.54) is 12.1 Å². The van der Waals surface area contributed by atoms with Gasteiger partial charge in [-0.05, 0) is 0 Å². The van der Waals surface area contributed by atoms with Crippen molar-refractivity contribution >= 4 is 35.8 Å². The number of ether oxygens (including phenoxy) is 1. The van der Waals surface area contributed by atoms with Crippen molar-refractivity contribution in [3.05, 3.63) is 32.8 Å². The van der Waals surface area contributed by atoms with Crippen molar-refractivity contribution < 1.29 is 19.6 Å². The van der Waals surface area contributed by atoms with Gasteiger partial charge < -0.3 is 0 Å². The summed E-state index contributed by atoms with van der Waals surface area (Å²) < 4.78 is 5.78. The number of benzene rings is 1. The van der Waals surface area contributed by atoms with E-state index in [2.05, 4.69) is 0 Å². The third-order valence-electron chi connectivity index (χ3n) is 2.32. The van der Waals surface area contributed by atoms with Gasteiger partial charge >= 0.3 is 107 Å². The minimum atomic E-state index is -0.561. The Bertz CT molecular complexity index is 634. The molecule has 0 fully saturated rings. The van der Waals surface area contributed by atoms with E-state index >= 15 is 0 Å². The van der Waals surface area contributed by atoms with E-state index in [1.54, 1.807) is 13.0 Å². The van der Waals surface area contributed by atoms with E-state index in [4.69, 9.17) is 4.74 Å². The van der Waals surface area contributed by atoms with Gasteiger partial charge in [0.05, 0.1) is 0 Å². The first-order valence-corrected chi connectivity index (χ1v) is 6.83. The molecule has 1 heterocycles. The molecule has 0 saturated heterocycles. The molecule has 0 saturated carbocycles. The first-order chi connectivity index (χ1) is 8.54. The molecule has 0 unspecified atom stereocenters. The Morgan fingerprint density at radius 3 is 2.89 bits per heavy atom. The standard InChI is InChI=1S/C11H9NO5Se/c1-2-17-11(14)10-9(13)7-5-6(12(15)16)3-4-8(7)18-10/h3-5,13H,2H2,1H3. The van der Waals surface area contributed by atoms with Crippen LogP contribution in [0.15, 0.2) is 18.2 Å². The van der Waals surface area contributed by atoms with Crippen LogP contribution in [0.5, 0.6) is 5.75 Å². The molecule has 0 spiro atoms. The normalized spacial score (nSPS) is 10.5. The molecule has 0 aliphatic rings. The van der Waals surface area contributed by atoms with Crippen LogP contribution in [0.4, 0.5) is 5.69 Å². The molecular formula is C11H9NO5Se. The second kappa shape index (κ2) is 4.80. The van der Waals surface area contributed by atoms with Crippen molar-refractivity contribution in [2.75, 3.05) is 6.61 Å². The summed E-state index contributed by atoms with van der Waals surface area (Å²) in [4.78, 5) is 21.7. The fourth-order valence-electron chi connectivity index (χ4n) is 1.52. The number of rotatable bonds is 3. The van der Waals surface area contributed by atoms with E-state index in [1.807, 2.05) is 0 Å². The molecule has 18 heavy (non-hydrogen) atoms. The van der Waals surface area contributed by atoms with E-state index < -0.39 is 10.9 Å². The summed E-state index contributed by atoms with van der Waals surface area (Å²) in [6.45, 7) is 1.90. The minimum absolute atomic E-state index is 0.110. The molecule has 94 valence electrons. The van der Waals surface area contributed by atoms with E-state index in [-0.39, 0.29) is 37.0 Å². The fourth-order valence-corrected chi connectivity index (χ4v) is 3.56. The van der Waals surface area contributed by atoms with Gasteiger partial charge in [0.25, 0.3) is 0 Å². The van der Waals surface area contributed by atoms with Crippen LogP contribution in [0, 0.1) is 10.1 Å². The number of nitro groups is 1. The van der Waals surface area contributed by atoms with E-state index in [0.717, 1.165) is 4.26 Å². The second-order valence-electron chi connectivity index (χ2n) is 3.44. The number of fused-ring (bicyclic) bond motifs is 1. The van der Waals surface area contributed by atoms with Crippen LogP contribution in [0.1, 0.15) is 16.2 Å². The number of non-ortho nitro benzene ring substituents is 1. The van der Waals surface area contributed by atoms with Crippen LogP contribution in [0.3, 0.4) is 0 Å². The first-order valence-electron chi connectivity index (χ1n) is 5.11. The molecule has 0 bridgehead atoms. The molecule has 0 radical (unpaired) electrons. The Labute approximate surface area is 108 Å². The van der Waals surface area contributed by atoms with Crippen molar-refractivity contribution in [3.63, 3.8) is 0 Å². The monoisotopic (exact) mass is 315 g/mol. The fraction of sp³-hybridized carbons (Fsp3) is 0.182. The number of carbonyl (C=O) groups excluding carboxylic acids is 1. The molecule has 1 N–H and O–H groups in total. The van der Waals surface area contributed by atoms with Crippen molar-refractivity contribution in [1.82, 2.24) is 0 Å². The molecule has 7 heteroatoms. The number of hydrogen-bond acceptors (Lipinski definition) is 5. The van der Waals surface area contributed by atoms with Crippen LogP contribution < -0.4 is 0 Å². The molecule has 0 aliphatic heterocycles. The number of esters is 1. The molecule has 2 rings (SSSR count). The molecule has 0 atom stereocenters. The quantitative estimate of drug-likeness (QED) is 0.403. The van der Waals surface area contributed by atoms with E-state index in [9.17, 15) is 20.0 Å². The van der Waals surface area contributed by atoms with Gasteiger partial charge in [0.2, 0.25) is 0 Å². The van der Waals surface area contributed by atoms with Gasteiger partial charge in [-0.2, -0.15) is 0 Å². The Kier molecular flexibility index (Phi) is 3.36. The zero-order chi connectivity index (χ0) is 13.3. The zero-order valence-corrected chi connectivity index (χ0v) is 11.1. The van der Waals surface area contributed by atoms with Crippen molar-refractivity contribution in [2.24, 2.45) is 0 Å². The van der Waals surface area contributed by atoms with Gasteiger partial charge in [-0.25, -0.2) is 0 Å². The van der Waals surface area contributed by atoms with Gasteiger partial charge in [0, 0.05) is 0 Å². The molecule has 0 aliphatic carbocycles. The number of nitro benzene ring substituents is 1. The van der Waals surface area contributed by atoms with E-state index in [0.29, 0.717) is 5.39 Å². The van der Waals surface area contributed by atoms with Gasteiger partial charge in [-0.1, -0.05) is 0 Å². The third kappa shape index (κ3) is 2.10. The number of nitrogens with zero attached hydrogens (tertiary/aromatic N) is 1. The second-order valence-corrected chi connectivity index (χ2v) is 5.65. The summed E-state index contributed by atoms with van der Waals surface area (Å²) in [5.41, 5.74) is -0.110. The predicted octanol–water partition coefficient (Wildman–Crippen LogP) is 1.69. The topological polar surface area (TPSA) is 89.7 Å². The molecule has 1 aromatic carbocycles. The summed E-state index contributed by atoms with van der Waals surface area (Å²) in [7, 11) is 0. The number of carbonyl (C=O) groups is 1. The Morgan fingerprint density at radius 2 is 2.28 bits per heavy atom. The van der Waals surface area contributed by atoms with Gasteiger partial charge in [-0.3, -0.25) is 0 Å². The van der Waals surface area contributed by atoms with Gasteiger partial charge in [0.15, 0.2) is 0 Å². The molecule has 2 aromatic rings. The van der Waals surface area contributed by atoms with Crippen LogP contribution >= 0.6 is 0 Å². The van der Waals surface area contributed by atoms with Gasteiger partial charge in [-0.15, -0.1) is 0 Å². The summed E-state index contributed by atoms with van der Waals surface area (Å²) in [6.07, 6.45) is 0. The Balaban J connectivity index is 2.56. The maximum absolute atomic E-state index is 11.6. The SMILES string of the molecule is CCOC(=O)c1[se]c2ccc([N+](=O)[O-])cc2c1O. The van der Waals surface area contributed by atoms with Crippen molar-refractivity contribution in [1.29, 1.82) is 0 Å². The van der Waals surface area contributed by atoms with Crippen LogP contribution in [0.25, 0.3) is 9.65 Å². The molecule has 6 nitrogen and oxygen atoms in total. The van der Waals surface area contributed by atoms with Crippen molar-refractivity contribution in [3.8, 4) is 5.75 Å². The number of hydrogen-bond donors (Lipinski definition) is 1. The average molecular weight is 314 g/mol. The van der Waals surface area contributed by atoms with Crippen LogP contribution in [-0.2, 0) is 4.74 Å². The summed E-state index contributed by atoms with van der Waals surface area (Å²) >= 11 is -0.374. The molecule has 0 amide bonds. The van der Waals surface area contributed by atoms with Crippen molar-refractivity contribution in [2.45, 2.75) is 6.92 Å². The molecule has 1 aromatic heterocycles. The number of aromatic hydroxyl groups is 1. The zero-order valence-electron chi connectivity index (χ0n) is 9.37.